The van der Waals surface area contributed by atoms with E-state index in [0.29, 0.717) is 19.6 Å². The van der Waals surface area contributed by atoms with E-state index < -0.39 is 30.4 Å². The zero-order valence-electron chi connectivity index (χ0n) is 12.0. The van der Waals surface area contributed by atoms with Crippen molar-refractivity contribution in [1.82, 2.24) is 4.90 Å². The summed E-state index contributed by atoms with van der Waals surface area (Å²) in [5.41, 5.74) is 0. The molecule has 0 saturated heterocycles. The van der Waals surface area contributed by atoms with Crippen LogP contribution in [0.2, 0.25) is 0 Å². The number of aliphatic hydroxyl groups is 4. The molecule has 0 aromatic rings. The summed E-state index contributed by atoms with van der Waals surface area (Å²) >= 11 is 0. The Hall–Kier alpha value is -0.730. The Balaban J connectivity index is 0. The van der Waals surface area contributed by atoms with E-state index in [1.165, 1.54) is 6.92 Å². The Labute approximate surface area is 114 Å². The van der Waals surface area contributed by atoms with Gasteiger partial charge >= 0.3 is 5.97 Å². The molecule has 4 unspecified atom stereocenters. The van der Waals surface area contributed by atoms with Gasteiger partial charge in [0.15, 0.2) is 0 Å². The number of carboxylic acid groups (broad SMARTS) is 1. The number of carboxylic acids is 1. The summed E-state index contributed by atoms with van der Waals surface area (Å²) < 4.78 is 0. The molecule has 0 aromatic carbocycles. The number of aliphatic carboxylic acids is 1. The predicted molar refractivity (Wildman–Crippen MR) is 70.8 cm³/mol. The number of aliphatic hydroxyl groups excluding tert-OH is 4. The molecule has 0 aliphatic rings. The third-order valence-electron chi connectivity index (χ3n) is 1.92. The SMILES string of the molecule is CC(O)C(=O)O.CC(O)CN(CC(C)O)CC(C)O. The van der Waals surface area contributed by atoms with Crippen LogP contribution in [0.4, 0.5) is 0 Å². The molecule has 0 bridgehead atoms. The predicted octanol–water partition coefficient (Wildman–Crippen LogP) is -1.12. The van der Waals surface area contributed by atoms with Gasteiger partial charge in [-0.05, 0) is 27.7 Å². The van der Waals surface area contributed by atoms with Crippen LogP contribution in [-0.2, 0) is 4.79 Å². The molecule has 0 aliphatic carbocycles. The Morgan fingerprint density at radius 3 is 1.16 bits per heavy atom. The second-order valence-electron chi connectivity index (χ2n) is 4.78. The van der Waals surface area contributed by atoms with Crippen molar-refractivity contribution in [2.75, 3.05) is 19.6 Å². The van der Waals surface area contributed by atoms with Crippen LogP contribution in [-0.4, -0.2) is 80.5 Å². The lowest BCUT2D eigenvalue weighted by Crippen LogP contribution is -2.40. The van der Waals surface area contributed by atoms with Crippen LogP contribution >= 0.6 is 0 Å². The van der Waals surface area contributed by atoms with Gasteiger partial charge in [0, 0.05) is 19.6 Å². The van der Waals surface area contributed by atoms with Crippen LogP contribution in [0.3, 0.4) is 0 Å². The average molecular weight is 281 g/mol. The monoisotopic (exact) mass is 281 g/mol. The standard InChI is InChI=1S/C9H21NO3.C3H6O3/c1-7(11)4-10(5-8(2)12)6-9(3)13;1-2(4)3(5)6/h7-9,11-13H,4-6H2,1-3H3;2,4H,1H3,(H,5,6). The highest BCUT2D eigenvalue weighted by molar-refractivity contribution is 5.71. The largest absolute Gasteiger partial charge is 0.479 e. The van der Waals surface area contributed by atoms with E-state index in [4.69, 9.17) is 25.5 Å². The molecule has 19 heavy (non-hydrogen) atoms. The summed E-state index contributed by atoms with van der Waals surface area (Å²) in [6.07, 6.45) is -2.53. The number of nitrogens with zero attached hydrogens (tertiary/aromatic N) is 1. The Bertz CT molecular complexity index is 206. The quantitative estimate of drug-likeness (QED) is 0.401. The first-order chi connectivity index (χ1) is 8.56. The summed E-state index contributed by atoms with van der Waals surface area (Å²) in [7, 11) is 0. The van der Waals surface area contributed by atoms with Crippen molar-refractivity contribution in [3.05, 3.63) is 0 Å². The minimum atomic E-state index is -1.23. The lowest BCUT2D eigenvalue weighted by molar-refractivity contribution is -0.145. The van der Waals surface area contributed by atoms with E-state index in [0.717, 1.165) is 0 Å². The number of rotatable bonds is 7. The highest BCUT2D eigenvalue weighted by Gasteiger charge is 2.12. The van der Waals surface area contributed by atoms with Gasteiger partial charge in [-0.1, -0.05) is 0 Å². The molecule has 0 aromatic heterocycles. The molecule has 0 amide bonds. The summed E-state index contributed by atoms with van der Waals surface area (Å²) in [5.74, 6) is -1.19. The molecule has 0 rings (SSSR count). The maximum absolute atomic E-state index is 9.45. The van der Waals surface area contributed by atoms with Crippen LogP contribution in [0.15, 0.2) is 0 Å². The molecule has 7 heteroatoms. The topological polar surface area (TPSA) is 121 Å². The second-order valence-corrected chi connectivity index (χ2v) is 4.78. The van der Waals surface area contributed by atoms with Crippen molar-refractivity contribution in [2.24, 2.45) is 0 Å². The molecule has 0 heterocycles. The lowest BCUT2D eigenvalue weighted by atomic mass is 10.2. The van der Waals surface area contributed by atoms with Gasteiger partial charge in [-0.15, -0.1) is 0 Å². The highest BCUT2D eigenvalue weighted by atomic mass is 16.4. The van der Waals surface area contributed by atoms with E-state index in [9.17, 15) is 4.79 Å². The van der Waals surface area contributed by atoms with E-state index in [1.54, 1.807) is 20.8 Å². The minimum absolute atomic E-state index is 0.433. The van der Waals surface area contributed by atoms with Crippen molar-refractivity contribution in [3.8, 4) is 0 Å². The Kier molecular flexibility index (Phi) is 12.1. The van der Waals surface area contributed by atoms with Crippen molar-refractivity contribution >= 4 is 5.97 Å². The van der Waals surface area contributed by atoms with E-state index in [-0.39, 0.29) is 0 Å². The summed E-state index contributed by atoms with van der Waals surface area (Å²) in [6.45, 7) is 7.72. The fourth-order valence-corrected chi connectivity index (χ4v) is 1.34. The molecular weight excluding hydrogens is 254 g/mol. The molecule has 0 radical (unpaired) electrons. The Morgan fingerprint density at radius 1 is 0.842 bits per heavy atom. The molecule has 0 spiro atoms. The van der Waals surface area contributed by atoms with Crippen LogP contribution in [0.25, 0.3) is 0 Å². The van der Waals surface area contributed by atoms with Gasteiger partial charge in [-0.2, -0.15) is 0 Å². The van der Waals surface area contributed by atoms with Crippen LogP contribution < -0.4 is 0 Å². The van der Waals surface area contributed by atoms with Gasteiger partial charge in [-0.25, -0.2) is 4.79 Å². The maximum Gasteiger partial charge on any atom is 0.332 e. The van der Waals surface area contributed by atoms with Gasteiger partial charge in [0.1, 0.15) is 6.10 Å². The number of hydrogen-bond acceptors (Lipinski definition) is 6. The minimum Gasteiger partial charge on any atom is -0.479 e. The third kappa shape index (κ3) is 17.3. The first-order valence-electron chi connectivity index (χ1n) is 6.23. The Morgan fingerprint density at radius 2 is 1.05 bits per heavy atom. The van der Waals surface area contributed by atoms with Gasteiger partial charge in [0.2, 0.25) is 0 Å². The lowest BCUT2D eigenvalue weighted by Gasteiger charge is -2.25. The summed E-state index contributed by atoms with van der Waals surface area (Å²) in [6, 6.07) is 0. The highest BCUT2D eigenvalue weighted by Crippen LogP contribution is 1.97. The summed E-state index contributed by atoms with van der Waals surface area (Å²) in [4.78, 5) is 11.3. The first kappa shape index (κ1) is 20.6. The molecule has 116 valence electrons. The maximum atomic E-state index is 9.45. The third-order valence-corrected chi connectivity index (χ3v) is 1.92. The molecule has 5 N–H and O–H groups in total. The van der Waals surface area contributed by atoms with Gasteiger partial charge < -0.3 is 25.5 Å². The van der Waals surface area contributed by atoms with E-state index in [2.05, 4.69) is 0 Å². The fraction of sp³-hybridized carbons (Fsp3) is 0.917. The number of hydrogen-bond donors (Lipinski definition) is 5. The van der Waals surface area contributed by atoms with Crippen LogP contribution in [0, 0.1) is 0 Å². The van der Waals surface area contributed by atoms with E-state index in [1.807, 2.05) is 4.90 Å². The van der Waals surface area contributed by atoms with Gasteiger partial charge in [0.25, 0.3) is 0 Å². The molecule has 4 atom stereocenters. The zero-order valence-corrected chi connectivity index (χ0v) is 12.0. The van der Waals surface area contributed by atoms with Gasteiger partial charge in [-0.3, -0.25) is 4.90 Å². The average Bonchev–Trinajstić information content (AvgIpc) is 2.14. The zero-order chi connectivity index (χ0) is 15.6. The smallest absolute Gasteiger partial charge is 0.332 e. The number of carbonyl (C=O) groups is 1. The van der Waals surface area contributed by atoms with Crippen LogP contribution in [0.1, 0.15) is 27.7 Å². The normalized spacial score (nSPS) is 17.1. The van der Waals surface area contributed by atoms with Gasteiger partial charge in [0.05, 0.1) is 18.3 Å². The van der Waals surface area contributed by atoms with Crippen molar-refractivity contribution in [2.45, 2.75) is 52.1 Å². The molecule has 0 aliphatic heterocycles. The molecular formula is C12H27NO6. The first-order valence-corrected chi connectivity index (χ1v) is 6.23. The fourth-order valence-electron chi connectivity index (χ4n) is 1.34. The van der Waals surface area contributed by atoms with E-state index >= 15 is 0 Å². The summed E-state index contributed by atoms with van der Waals surface area (Å²) in [5, 5.41) is 43.2. The molecule has 0 fully saturated rings. The van der Waals surface area contributed by atoms with Crippen LogP contribution in [0.5, 0.6) is 0 Å². The van der Waals surface area contributed by atoms with Crippen molar-refractivity contribution < 1.29 is 30.3 Å². The second kappa shape index (κ2) is 11.1. The molecule has 7 nitrogen and oxygen atoms in total. The molecule has 0 saturated carbocycles. The van der Waals surface area contributed by atoms with Crippen molar-refractivity contribution in [3.63, 3.8) is 0 Å². The van der Waals surface area contributed by atoms with Crippen molar-refractivity contribution in [1.29, 1.82) is 0 Å².